The Morgan fingerprint density at radius 3 is 2.38 bits per heavy atom. The third kappa shape index (κ3) is 4.12. The number of hydrogen-bond donors (Lipinski definition) is 1. The molecule has 2 amide bonds. The Morgan fingerprint density at radius 1 is 1.00 bits per heavy atom. The number of nitrogens with one attached hydrogen (secondary N) is 1. The number of likely N-dealkylation sites (tertiary alicyclic amines) is 1. The van der Waals surface area contributed by atoms with Gasteiger partial charge < -0.3 is 20.1 Å². The second-order valence-electron chi connectivity index (χ2n) is 6.90. The molecule has 1 aliphatic carbocycles. The van der Waals surface area contributed by atoms with Gasteiger partial charge in [0.25, 0.3) is 5.91 Å². The maximum absolute atomic E-state index is 12.6. The van der Waals surface area contributed by atoms with E-state index in [2.05, 4.69) is 5.32 Å². The molecule has 0 saturated carbocycles. The highest BCUT2D eigenvalue weighted by Gasteiger charge is 2.30. The first-order valence-corrected chi connectivity index (χ1v) is 9.12. The fraction of sp³-hybridized carbons (Fsp3) is 0.450. The number of allylic oxidation sites excluding steroid dienone is 2. The summed E-state index contributed by atoms with van der Waals surface area (Å²) >= 11 is 0. The number of aliphatic carboxylic acids is 1. The molecule has 6 nitrogen and oxygen atoms in total. The molecule has 1 saturated heterocycles. The van der Waals surface area contributed by atoms with Gasteiger partial charge in [0.05, 0.1) is 5.92 Å². The quantitative estimate of drug-likeness (QED) is 0.831. The van der Waals surface area contributed by atoms with E-state index in [0.717, 1.165) is 32.4 Å². The van der Waals surface area contributed by atoms with Gasteiger partial charge in [0, 0.05) is 36.2 Å². The summed E-state index contributed by atoms with van der Waals surface area (Å²) in [6, 6.07) is 6.82. The largest absolute Gasteiger partial charge is 0.550 e. The molecular weight excluding hydrogens is 332 g/mol. The van der Waals surface area contributed by atoms with Crippen LogP contribution in [0.15, 0.2) is 36.4 Å². The van der Waals surface area contributed by atoms with Crippen molar-refractivity contribution in [2.24, 2.45) is 11.8 Å². The lowest BCUT2D eigenvalue weighted by atomic mass is 9.82. The van der Waals surface area contributed by atoms with Gasteiger partial charge in [0.15, 0.2) is 0 Å². The molecule has 3 rings (SSSR count). The molecule has 0 bridgehead atoms. The van der Waals surface area contributed by atoms with Crippen molar-refractivity contribution in [3.05, 3.63) is 42.0 Å². The van der Waals surface area contributed by atoms with Crippen molar-refractivity contribution in [2.45, 2.75) is 32.1 Å². The van der Waals surface area contributed by atoms with Crippen LogP contribution in [0.5, 0.6) is 0 Å². The highest BCUT2D eigenvalue weighted by molar-refractivity contribution is 5.98. The van der Waals surface area contributed by atoms with Gasteiger partial charge >= 0.3 is 0 Å². The second kappa shape index (κ2) is 8.17. The lowest BCUT2D eigenvalue weighted by Crippen LogP contribution is -2.41. The fourth-order valence-electron chi connectivity index (χ4n) is 3.61. The molecule has 1 aliphatic heterocycles. The third-order valence-corrected chi connectivity index (χ3v) is 5.09. The molecule has 1 aromatic rings. The van der Waals surface area contributed by atoms with Crippen LogP contribution in [0.1, 0.15) is 42.5 Å². The molecule has 2 atom stereocenters. The molecule has 1 N–H and O–H groups in total. The fourth-order valence-corrected chi connectivity index (χ4v) is 3.61. The van der Waals surface area contributed by atoms with Crippen LogP contribution in [-0.2, 0) is 9.59 Å². The highest BCUT2D eigenvalue weighted by Crippen LogP contribution is 2.27. The van der Waals surface area contributed by atoms with Crippen molar-refractivity contribution in [3.63, 3.8) is 0 Å². The van der Waals surface area contributed by atoms with E-state index in [9.17, 15) is 19.5 Å². The number of carbonyl (C=O) groups is 3. The van der Waals surface area contributed by atoms with Gasteiger partial charge in [-0.15, -0.1) is 0 Å². The lowest BCUT2D eigenvalue weighted by molar-refractivity contribution is -0.313. The molecule has 0 radical (unpaired) electrons. The zero-order valence-corrected chi connectivity index (χ0v) is 14.6. The summed E-state index contributed by atoms with van der Waals surface area (Å²) in [5.41, 5.74) is 1.04. The SMILES string of the molecule is O=C(Nc1cccc(C(=O)N2CCCCC2)c1)[C@H]1CC=CC[C@H]1C(=O)[O-]. The molecule has 1 heterocycles. The van der Waals surface area contributed by atoms with Gasteiger partial charge in [-0.3, -0.25) is 9.59 Å². The molecule has 1 fully saturated rings. The summed E-state index contributed by atoms with van der Waals surface area (Å²) in [5, 5.41) is 14.0. The molecule has 1 aromatic carbocycles. The first-order chi connectivity index (χ1) is 12.6. The van der Waals surface area contributed by atoms with Crippen LogP contribution in [0.3, 0.4) is 0 Å². The number of carboxylic acids is 1. The van der Waals surface area contributed by atoms with Crippen LogP contribution < -0.4 is 10.4 Å². The van der Waals surface area contributed by atoms with Crippen LogP contribution in [0, 0.1) is 11.8 Å². The Morgan fingerprint density at radius 2 is 1.69 bits per heavy atom. The number of piperidine rings is 1. The van der Waals surface area contributed by atoms with Gasteiger partial charge in [0.2, 0.25) is 5.91 Å². The first-order valence-electron chi connectivity index (χ1n) is 9.12. The topological polar surface area (TPSA) is 89.5 Å². The van der Waals surface area contributed by atoms with E-state index in [-0.39, 0.29) is 11.8 Å². The van der Waals surface area contributed by atoms with E-state index < -0.39 is 17.8 Å². The van der Waals surface area contributed by atoms with E-state index in [1.807, 2.05) is 11.0 Å². The number of rotatable bonds is 4. The Bertz CT molecular complexity index is 722. The summed E-state index contributed by atoms with van der Waals surface area (Å²) in [4.78, 5) is 38.2. The van der Waals surface area contributed by atoms with Gasteiger partial charge in [-0.2, -0.15) is 0 Å². The van der Waals surface area contributed by atoms with Gasteiger partial charge in [-0.1, -0.05) is 18.2 Å². The third-order valence-electron chi connectivity index (χ3n) is 5.09. The zero-order valence-electron chi connectivity index (χ0n) is 14.6. The smallest absolute Gasteiger partial charge is 0.253 e. The average Bonchev–Trinajstić information content (AvgIpc) is 2.68. The number of anilines is 1. The van der Waals surface area contributed by atoms with Crippen molar-refractivity contribution in [2.75, 3.05) is 18.4 Å². The Labute approximate surface area is 152 Å². The highest BCUT2D eigenvalue weighted by atomic mass is 16.4. The summed E-state index contributed by atoms with van der Waals surface area (Å²) in [7, 11) is 0. The van der Waals surface area contributed by atoms with Crippen LogP contribution in [0.4, 0.5) is 5.69 Å². The zero-order chi connectivity index (χ0) is 18.5. The number of carboxylic acid groups (broad SMARTS) is 1. The maximum atomic E-state index is 12.6. The summed E-state index contributed by atoms with van der Waals surface area (Å²) in [5.74, 6) is -3.08. The summed E-state index contributed by atoms with van der Waals surface area (Å²) in [6.07, 6.45) is 7.44. The number of carbonyl (C=O) groups excluding carboxylic acids is 3. The van der Waals surface area contributed by atoms with Crippen molar-refractivity contribution in [3.8, 4) is 0 Å². The predicted octanol–water partition coefficient (Wildman–Crippen LogP) is 1.58. The minimum atomic E-state index is -1.21. The van der Waals surface area contributed by atoms with Crippen molar-refractivity contribution in [1.29, 1.82) is 0 Å². The Hall–Kier alpha value is -2.63. The minimum absolute atomic E-state index is 0.0333. The van der Waals surface area contributed by atoms with Crippen LogP contribution in [-0.4, -0.2) is 35.8 Å². The van der Waals surface area contributed by atoms with Crippen molar-refractivity contribution in [1.82, 2.24) is 4.90 Å². The lowest BCUT2D eigenvalue weighted by Gasteiger charge is -2.28. The molecule has 2 aliphatic rings. The monoisotopic (exact) mass is 355 g/mol. The van der Waals surface area contributed by atoms with E-state index >= 15 is 0 Å². The number of amides is 2. The van der Waals surface area contributed by atoms with Crippen LogP contribution in [0.25, 0.3) is 0 Å². The van der Waals surface area contributed by atoms with Gasteiger partial charge in [0.1, 0.15) is 0 Å². The molecule has 26 heavy (non-hydrogen) atoms. The first kappa shape index (κ1) is 18.2. The van der Waals surface area contributed by atoms with E-state index in [1.165, 1.54) is 0 Å². The summed E-state index contributed by atoms with van der Waals surface area (Å²) < 4.78 is 0. The predicted molar refractivity (Wildman–Crippen MR) is 95.2 cm³/mol. The number of nitrogens with zero attached hydrogens (tertiary/aromatic N) is 1. The standard InChI is InChI=1S/C20H24N2O4/c23-18(16-9-2-3-10-17(16)20(25)26)21-15-8-6-7-14(13-15)19(24)22-11-4-1-5-12-22/h2-3,6-8,13,16-17H,1,4-5,9-12H2,(H,21,23)(H,25,26)/p-1/t16-,17+/m0/s1. The van der Waals surface area contributed by atoms with Crippen molar-refractivity contribution >= 4 is 23.5 Å². The summed E-state index contributed by atoms with van der Waals surface area (Å²) in [6.45, 7) is 1.52. The maximum Gasteiger partial charge on any atom is 0.253 e. The number of benzene rings is 1. The second-order valence-corrected chi connectivity index (χ2v) is 6.90. The minimum Gasteiger partial charge on any atom is -0.550 e. The van der Waals surface area contributed by atoms with Crippen LogP contribution >= 0.6 is 0 Å². The molecule has 0 spiro atoms. The van der Waals surface area contributed by atoms with E-state index in [1.54, 1.807) is 30.3 Å². The normalized spacial score (nSPS) is 22.7. The van der Waals surface area contributed by atoms with E-state index in [4.69, 9.17) is 0 Å². The van der Waals surface area contributed by atoms with Gasteiger partial charge in [-0.05, 0) is 50.3 Å². The number of hydrogen-bond acceptors (Lipinski definition) is 4. The molecule has 0 unspecified atom stereocenters. The Balaban J connectivity index is 1.70. The molecular formula is C20H23N2O4-. The van der Waals surface area contributed by atoms with Crippen molar-refractivity contribution < 1.29 is 19.5 Å². The molecule has 0 aromatic heterocycles. The molecule has 138 valence electrons. The van der Waals surface area contributed by atoms with Crippen LogP contribution in [0.2, 0.25) is 0 Å². The van der Waals surface area contributed by atoms with Gasteiger partial charge in [-0.25, -0.2) is 0 Å². The van der Waals surface area contributed by atoms with E-state index in [0.29, 0.717) is 24.1 Å². The molecule has 6 heteroatoms. The average molecular weight is 355 g/mol. The Kier molecular flexibility index (Phi) is 5.71.